The molecular weight excluding hydrogens is 362 g/mol. The van der Waals surface area contributed by atoms with Crippen molar-refractivity contribution in [2.75, 3.05) is 19.8 Å². The molecule has 0 fully saturated rings. The van der Waals surface area contributed by atoms with E-state index in [1.807, 2.05) is 54.6 Å². The van der Waals surface area contributed by atoms with Gasteiger partial charge in [0.2, 0.25) is 0 Å². The highest BCUT2D eigenvalue weighted by molar-refractivity contribution is 5.79. The lowest BCUT2D eigenvalue weighted by Crippen LogP contribution is -2.33. The molecule has 4 nitrogen and oxygen atoms in total. The van der Waals surface area contributed by atoms with Crippen LogP contribution in [0.5, 0.6) is 0 Å². The van der Waals surface area contributed by atoms with E-state index >= 15 is 0 Å². The number of hydrogen-bond donors (Lipinski definition) is 1. The fourth-order valence-electron chi connectivity index (χ4n) is 3.99. The number of carbonyl (C=O) groups is 1. The lowest BCUT2D eigenvalue weighted by molar-refractivity contribution is 0.0944. The Kier molecular flexibility index (Phi) is 5.92. The topological polar surface area (TPSA) is 49.8 Å². The van der Waals surface area contributed by atoms with Crippen LogP contribution >= 0.6 is 0 Å². The van der Waals surface area contributed by atoms with Gasteiger partial charge in [0.15, 0.2) is 0 Å². The molecule has 1 aliphatic rings. The maximum Gasteiger partial charge on any atom is 0.410 e. The lowest BCUT2D eigenvalue weighted by atomic mass is 9.98. The summed E-state index contributed by atoms with van der Waals surface area (Å²) < 4.78 is 5.78. The minimum absolute atomic E-state index is 0.0436. The number of rotatable bonds is 7. The van der Waals surface area contributed by atoms with Crippen LogP contribution in [0.3, 0.4) is 0 Å². The Morgan fingerprint density at radius 3 is 2.07 bits per heavy atom. The second-order valence-electron chi connectivity index (χ2n) is 7.29. The van der Waals surface area contributed by atoms with Gasteiger partial charge in [0, 0.05) is 25.6 Å². The largest absolute Gasteiger partial charge is 0.448 e. The Hall–Kier alpha value is -3.11. The zero-order valence-corrected chi connectivity index (χ0v) is 16.3. The van der Waals surface area contributed by atoms with Gasteiger partial charge in [-0.2, -0.15) is 0 Å². The highest BCUT2D eigenvalue weighted by Gasteiger charge is 2.29. The molecule has 4 heteroatoms. The number of nitrogens with zero attached hydrogens (tertiary/aromatic N) is 1. The fourth-order valence-corrected chi connectivity index (χ4v) is 3.99. The number of amides is 1. The molecule has 0 aliphatic heterocycles. The summed E-state index contributed by atoms with van der Waals surface area (Å²) in [5, 5.41) is 9.21. The van der Waals surface area contributed by atoms with Crippen LogP contribution in [0, 0.1) is 0 Å². The van der Waals surface area contributed by atoms with Gasteiger partial charge >= 0.3 is 6.09 Å². The van der Waals surface area contributed by atoms with Gasteiger partial charge in [0.1, 0.15) is 6.61 Å². The predicted molar refractivity (Wildman–Crippen MR) is 114 cm³/mol. The fraction of sp³-hybridized carbons (Fsp3) is 0.240. The number of fused-ring (bicyclic) bond motifs is 3. The van der Waals surface area contributed by atoms with Crippen LogP contribution in [0.25, 0.3) is 11.1 Å². The van der Waals surface area contributed by atoms with Crippen LogP contribution in [-0.4, -0.2) is 35.9 Å². The molecule has 0 spiro atoms. The summed E-state index contributed by atoms with van der Waals surface area (Å²) in [5.74, 6) is 0.0442. The molecule has 1 N–H and O–H groups in total. The van der Waals surface area contributed by atoms with Gasteiger partial charge in [-0.25, -0.2) is 4.79 Å². The number of aliphatic hydroxyl groups excluding tert-OH is 1. The highest BCUT2D eigenvalue weighted by atomic mass is 16.6. The maximum atomic E-state index is 12.9. The molecular formula is C25H25NO3. The number of ether oxygens (including phenoxy) is 1. The average Bonchev–Trinajstić information content (AvgIpc) is 3.09. The van der Waals surface area contributed by atoms with E-state index in [4.69, 9.17) is 4.74 Å². The van der Waals surface area contributed by atoms with Gasteiger partial charge in [0.05, 0.1) is 0 Å². The van der Waals surface area contributed by atoms with Crippen LogP contribution in [-0.2, 0) is 11.3 Å². The summed E-state index contributed by atoms with van der Waals surface area (Å²) in [6.45, 7) is 1.28. The molecule has 0 aromatic heterocycles. The van der Waals surface area contributed by atoms with Crippen molar-refractivity contribution in [3.8, 4) is 11.1 Å². The Morgan fingerprint density at radius 1 is 0.862 bits per heavy atom. The average molecular weight is 387 g/mol. The van der Waals surface area contributed by atoms with Crippen molar-refractivity contribution in [2.24, 2.45) is 0 Å². The molecule has 3 aromatic rings. The molecule has 0 radical (unpaired) electrons. The van der Waals surface area contributed by atoms with Crippen molar-refractivity contribution in [3.63, 3.8) is 0 Å². The third kappa shape index (κ3) is 4.17. The van der Waals surface area contributed by atoms with E-state index in [1.165, 1.54) is 22.3 Å². The molecule has 3 aromatic carbocycles. The first-order valence-electron chi connectivity index (χ1n) is 10.0. The van der Waals surface area contributed by atoms with Gasteiger partial charge < -0.3 is 14.7 Å². The molecule has 1 amide bonds. The van der Waals surface area contributed by atoms with Crippen molar-refractivity contribution >= 4 is 6.09 Å². The minimum atomic E-state index is -0.343. The summed E-state index contributed by atoms with van der Waals surface area (Å²) in [7, 11) is 0. The zero-order valence-electron chi connectivity index (χ0n) is 16.3. The Balaban J connectivity index is 1.49. The smallest absolute Gasteiger partial charge is 0.410 e. The first-order valence-corrected chi connectivity index (χ1v) is 10.0. The van der Waals surface area contributed by atoms with E-state index < -0.39 is 0 Å². The van der Waals surface area contributed by atoms with Gasteiger partial charge in [0.25, 0.3) is 0 Å². The van der Waals surface area contributed by atoms with E-state index in [9.17, 15) is 9.90 Å². The first-order chi connectivity index (χ1) is 14.3. The number of aliphatic hydroxyl groups is 1. The molecule has 1 aliphatic carbocycles. The molecule has 148 valence electrons. The van der Waals surface area contributed by atoms with E-state index in [0.29, 0.717) is 26.1 Å². The molecule has 4 rings (SSSR count). The second-order valence-corrected chi connectivity index (χ2v) is 7.29. The highest BCUT2D eigenvalue weighted by Crippen LogP contribution is 2.44. The second kappa shape index (κ2) is 8.93. The van der Waals surface area contributed by atoms with Gasteiger partial charge in [-0.1, -0.05) is 78.9 Å². The van der Waals surface area contributed by atoms with Crippen molar-refractivity contribution < 1.29 is 14.6 Å². The molecule has 0 heterocycles. The summed E-state index contributed by atoms with van der Waals surface area (Å²) >= 11 is 0. The summed E-state index contributed by atoms with van der Waals surface area (Å²) in [4.78, 5) is 14.5. The number of benzene rings is 3. The van der Waals surface area contributed by atoms with Crippen LogP contribution < -0.4 is 0 Å². The summed E-state index contributed by atoms with van der Waals surface area (Å²) in [5.41, 5.74) is 5.87. The van der Waals surface area contributed by atoms with Gasteiger partial charge in [-0.15, -0.1) is 0 Å². The zero-order chi connectivity index (χ0) is 20.1. The van der Waals surface area contributed by atoms with E-state index in [2.05, 4.69) is 24.3 Å². The third-order valence-corrected chi connectivity index (χ3v) is 5.40. The van der Waals surface area contributed by atoms with Crippen molar-refractivity contribution in [1.29, 1.82) is 0 Å². The lowest BCUT2D eigenvalue weighted by Gasteiger charge is -2.23. The number of hydrogen-bond acceptors (Lipinski definition) is 3. The first kappa shape index (κ1) is 19.2. The standard InChI is InChI=1S/C25H25NO3/c27-16-8-15-26(17-19-9-2-1-3-10-19)25(28)29-18-24-22-13-6-4-11-20(22)21-12-5-7-14-23(21)24/h1-7,9-14,24,27H,8,15-18H2. The van der Waals surface area contributed by atoms with Crippen LogP contribution in [0.15, 0.2) is 78.9 Å². The van der Waals surface area contributed by atoms with Crippen LogP contribution in [0.4, 0.5) is 4.79 Å². The Labute approximate surface area is 171 Å². The summed E-state index contributed by atoms with van der Waals surface area (Å²) in [6, 6.07) is 26.5. The number of carbonyl (C=O) groups excluding carboxylic acids is 1. The Morgan fingerprint density at radius 2 is 1.45 bits per heavy atom. The molecule has 0 atom stereocenters. The maximum absolute atomic E-state index is 12.9. The van der Waals surface area contributed by atoms with E-state index in [0.717, 1.165) is 5.56 Å². The van der Waals surface area contributed by atoms with Gasteiger partial charge in [-0.3, -0.25) is 0 Å². The quantitative estimate of drug-likeness (QED) is 0.632. The minimum Gasteiger partial charge on any atom is -0.448 e. The molecule has 0 saturated carbocycles. The van der Waals surface area contributed by atoms with Crippen LogP contribution in [0.2, 0.25) is 0 Å². The Bertz CT molecular complexity index is 925. The molecule has 0 saturated heterocycles. The summed E-state index contributed by atoms with van der Waals surface area (Å²) in [6.07, 6.45) is 0.181. The van der Waals surface area contributed by atoms with E-state index in [1.54, 1.807) is 4.90 Å². The van der Waals surface area contributed by atoms with Gasteiger partial charge in [-0.05, 0) is 34.2 Å². The van der Waals surface area contributed by atoms with Crippen LogP contribution in [0.1, 0.15) is 29.0 Å². The van der Waals surface area contributed by atoms with Crippen molar-refractivity contribution in [3.05, 3.63) is 95.6 Å². The SMILES string of the molecule is O=C(OCC1c2ccccc2-c2ccccc21)N(CCCO)Cc1ccccc1. The third-order valence-electron chi connectivity index (χ3n) is 5.40. The van der Waals surface area contributed by atoms with E-state index in [-0.39, 0.29) is 18.6 Å². The molecule has 0 bridgehead atoms. The molecule has 29 heavy (non-hydrogen) atoms. The molecule has 0 unspecified atom stereocenters. The van der Waals surface area contributed by atoms with Crippen molar-refractivity contribution in [2.45, 2.75) is 18.9 Å². The van der Waals surface area contributed by atoms with Crippen molar-refractivity contribution in [1.82, 2.24) is 4.90 Å². The monoisotopic (exact) mass is 387 g/mol. The normalized spacial score (nSPS) is 12.3. The predicted octanol–water partition coefficient (Wildman–Crippen LogP) is 4.82.